The molecular formula is C23H22N4O2. The summed E-state index contributed by atoms with van der Waals surface area (Å²) in [6.45, 7) is 3.26. The molecule has 146 valence electrons. The van der Waals surface area contributed by atoms with Crippen LogP contribution in [0.3, 0.4) is 0 Å². The molecule has 0 spiro atoms. The summed E-state index contributed by atoms with van der Waals surface area (Å²) < 4.78 is 7.22. The average Bonchev–Trinajstić information content (AvgIpc) is 3.16. The van der Waals surface area contributed by atoms with Crippen LogP contribution in [0.5, 0.6) is 5.75 Å². The van der Waals surface area contributed by atoms with Gasteiger partial charge in [0.25, 0.3) is 5.91 Å². The molecule has 2 heterocycles. The van der Waals surface area contributed by atoms with Crippen molar-refractivity contribution in [3.8, 4) is 17.1 Å². The lowest BCUT2D eigenvalue weighted by atomic mass is 10.1. The molecule has 0 aliphatic rings. The Labute approximate surface area is 169 Å². The third kappa shape index (κ3) is 3.82. The number of amides is 1. The topological polar surface area (TPSA) is 69.0 Å². The van der Waals surface area contributed by atoms with Crippen LogP contribution in [0.25, 0.3) is 22.6 Å². The summed E-state index contributed by atoms with van der Waals surface area (Å²) in [6, 6.07) is 19.0. The van der Waals surface area contributed by atoms with Crippen molar-refractivity contribution >= 4 is 17.1 Å². The number of carbonyl (C=O) groups is 1. The van der Waals surface area contributed by atoms with Gasteiger partial charge in [-0.3, -0.25) is 4.79 Å². The van der Waals surface area contributed by atoms with Crippen molar-refractivity contribution in [2.24, 2.45) is 0 Å². The minimum atomic E-state index is -0.125. The Kier molecular flexibility index (Phi) is 5.24. The number of pyridine rings is 1. The van der Waals surface area contributed by atoms with Gasteiger partial charge in [-0.1, -0.05) is 24.3 Å². The summed E-state index contributed by atoms with van der Waals surface area (Å²) in [4.78, 5) is 21.8. The molecule has 0 fully saturated rings. The minimum Gasteiger partial charge on any atom is -0.497 e. The lowest BCUT2D eigenvalue weighted by Crippen LogP contribution is -2.22. The predicted octanol–water partition coefficient (Wildman–Crippen LogP) is 4.06. The van der Waals surface area contributed by atoms with E-state index in [9.17, 15) is 4.79 Å². The van der Waals surface area contributed by atoms with Gasteiger partial charge >= 0.3 is 0 Å². The number of hydrogen-bond donors (Lipinski definition) is 1. The number of rotatable bonds is 6. The second-order valence-electron chi connectivity index (χ2n) is 6.64. The van der Waals surface area contributed by atoms with Crippen LogP contribution in [0, 0.1) is 0 Å². The van der Waals surface area contributed by atoms with Gasteiger partial charge in [0, 0.05) is 30.4 Å². The van der Waals surface area contributed by atoms with Crippen molar-refractivity contribution in [1.82, 2.24) is 19.9 Å². The number of hydrogen-bond acceptors (Lipinski definition) is 4. The van der Waals surface area contributed by atoms with Crippen LogP contribution in [0.4, 0.5) is 0 Å². The van der Waals surface area contributed by atoms with Crippen LogP contribution in [-0.4, -0.2) is 27.6 Å². The van der Waals surface area contributed by atoms with Crippen LogP contribution >= 0.6 is 0 Å². The summed E-state index contributed by atoms with van der Waals surface area (Å²) in [5.41, 5.74) is 4.19. The summed E-state index contributed by atoms with van der Waals surface area (Å²) in [7, 11) is 1.63. The highest BCUT2D eigenvalue weighted by molar-refractivity contribution is 5.95. The summed E-state index contributed by atoms with van der Waals surface area (Å²) in [5, 5.41) is 2.97. The molecule has 2 aromatic carbocycles. The fraction of sp³-hybridized carbons (Fsp3) is 0.174. The average molecular weight is 386 g/mol. The quantitative estimate of drug-likeness (QED) is 0.543. The molecule has 0 bridgehead atoms. The molecule has 0 aliphatic heterocycles. The van der Waals surface area contributed by atoms with Crippen LogP contribution in [0.1, 0.15) is 22.8 Å². The molecule has 0 atom stereocenters. The summed E-state index contributed by atoms with van der Waals surface area (Å²) in [6.07, 6.45) is 1.77. The Balaban J connectivity index is 1.56. The summed E-state index contributed by atoms with van der Waals surface area (Å²) >= 11 is 0. The number of fused-ring (bicyclic) bond motifs is 1. The van der Waals surface area contributed by atoms with E-state index in [2.05, 4.69) is 21.8 Å². The Morgan fingerprint density at radius 2 is 1.93 bits per heavy atom. The van der Waals surface area contributed by atoms with Gasteiger partial charge in [-0.2, -0.15) is 0 Å². The fourth-order valence-electron chi connectivity index (χ4n) is 3.31. The number of carbonyl (C=O) groups excluding carboxylic acids is 1. The molecule has 0 saturated heterocycles. The van der Waals surface area contributed by atoms with Crippen LogP contribution in [0.2, 0.25) is 0 Å². The van der Waals surface area contributed by atoms with Gasteiger partial charge in [-0.05, 0) is 48.9 Å². The molecule has 4 rings (SSSR count). The number of benzene rings is 2. The zero-order valence-electron chi connectivity index (χ0n) is 16.4. The van der Waals surface area contributed by atoms with E-state index in [0.717, 1.165) is 40.4 Å². The molecule has 0 unspecified atom stereocenters. The van der Waals surface area contributed by atoms with Crippen LogP contribution in [-0.2, 0) is 13.1 Å². The van der Waals surface area contributed by atoms with Gasteiger partial charge in [-0.15, -0.1) is 0 Å². The number of aromatic nitrogens is 3. The van der Waals surface area contributed by atoms with Gasteiger partial charge in [0.15, 0.2) is 5.65 Å². The lowest BCUT2D eigenvalue weighted by Gasteiger charge is -2.09. The number of aryl methyl sites for hydroxylation is 1. The Morgan fingerprint density at radius 3 is 2.69 bits per heavy atom. The SMILES string of the molecule is CCn1c(-c2cccc(C(=O)NCc3ccc(OC)cc3)c2)nc2cccnc21. The number of nitrogens with one attached hydrogen (secondary N) is 1. The first-order valence-electron chi connectivity index (χ1n) is 9.52. The van der Waals surface area contributed by atoms with E-state index in [4.69, 9.17) is 9.72 Å². The lowest BCUT2D eigenvalue weighted by molar-refractivity contribution is 0.0951. The third-order valence-electron chi connectivity index (χ3n) is 4.82. The van der Waals surface area contributed by atoms with Gasteiger partial charge in [-0.25, -0.2) is 9.97 Å². The Morgan fingerprint density at radius 1 is 1.10 bits per heavy atom. The van der Waals surface area contributed by atoms with Gasteiger partial charge in [0.2, 0.25) is 0 Å². The first-order chi connectivity index (χ1) is 14.2. The number of ether oxygens (including phenoxy) is 1. The zero-order chi connectivity index (χ0) is 20.2. The van der Waals surface area contributed by atoms with Crippen molar-refractivity contribution in [2.75, 3.05) is 7.11 Å². The van der Waals surface area contributed by atoms with Crippen molar-refractivity contribution in [3.05, 3.63) is 78.0 Å². The molecule has 0 radical (unpaired) electrons. The smallest absolute Gasteiger partial charge is 0.251 e. The molecule has 1 amide bonds. The van der Waals surface area contributed by atoms with Gasteiger partial charge in [0.05, 0.1) is 7.11 Å². The third-order valence-corrected chi connectivity index (χ3v) is 4.82. The number of methoxy groups -OCH3 is 1. The highest BCUT2D eigenvalue weighted by Gasteiger charge is 2.14. The standard InChI is InChI=1S/C23H22N4O2/c1-3-27-21(26-20-8-5-13-24-22(20)27)17-6-4-7-18(14-17)23(28)25-15-16-9-11-19(29-2)12-10-16/h4-14H,3,15H2,1-2H3,(H,25,28). The molecule has 6 nitrogen and oxygen atoms in total. The van der Waals surface area contributed by atoms with Crippen molar-refractivity contribution in [3.63, 3.8) is 0 Å². The first-order valence-corrected chi connectivity index (χ1v) is 9.52. The van der Waals surface area contributed by atoms with Crippen LogP contribution in [0.15, 0.2) is 66.9 Å². The molecule has 0 aliphatic carbocycles. The van der Waals surface area contributed by atoms with Crippen molar-refractivity contribution in [1.29, 1.82) is 0 Å². The molecule has 1 N–H and O–H groups in total. The Bertz CT molecular complexity index is 1150. The second kappa shape index (κ2) is 8.14. The van der Waals surface area contributed by atoms with E-state index in [1.54, 1.807) is 13.3 Å². The Hall–Kier alpha value is -3.67. The van der Waals surface area contributed by atoms with Crippen molar-refractivity contribution in [2.45, 2.75) is 20.0 Å². The minimum absolute atomic E-state index is 0.125. The molecular weight excluding hydrogens is 364 g/mol. The molecule has 0 saturated carbocycles. The van der Waals surface area contributed by atoms with E-state index >= 15 is 0 Å². The van der Waals surface area contributed by atoms with E-state index in [-0.39, 0.29) is 5.91 Å². The van der Waals surface area contributed by atoms with Crippen LogP contribution < -0.4 is 10.1 Å². The van der Waals surface area contributed by atoms with E-state index in [0.29, 0.717) is 12.1 Å². The van der Waals surface area contributed by atoms with E-state index in [1.165, 1.54) is 0 Å². The molecule has 4 aromatic rings. The largest absolute Gasteiger partial charge is 0.497 e. The maximum atomic E-state index is 12.7. The van der Waals surface area contributed by atoms with E-state index < -0.39 is 0 Å². The summed E-state index contributed by atoms with van der Waals surface area (Å²) in [5.74, 6) is 1.48. The van der Waals surface area contributed by atoms with Crippen molar-refractivity contribution < 1.29 is 9.53 Å². The number of nitrogens with zero attached hydrogens (tertiary/aromatic N) is 3. The first kappa shape index (κ1) is 18.7. The monoisotopic (exact) mass is 386 g/mol. The molecule has 29 heavy (non-hydrogen) atoms. The molecule has 2 aromatic heterocycles. The highest BCUT2D eigenvalue weighted by Crippen LogP contribution is 2.24. The normalized spacial score (nSPS) is 10.8. The maximum absolute atomic E-state index is 12.7. The van der Waals surface area contributed by atoms with E-state index in [1.807, 2.05) is 60.7 Å². The predicted molar refractivity (Wildman–Crippen MR) is 113 cm³/mol. The zero-order valence-corrected chi connectivity index (χ0v) is 16.4. The highest BCUT2D eigenvalue weighted by atomic mass is 16.5. The second-order valence-corrected chi connectivity index (χ2v) is 6.64. The van der Waals surface area contributed by atoms with Gasteiger partial charge < -0.3 is 14.6 Å². The van der Waals surface area contributed by atoms with Gasteiger partial charge in [0.1, 0.15) is 17.1 Å². The molecule has 6 heteroatoms. The maximum Gasteiger partial charge on any atom is 0.251 e. The fourth-order valence-corrected chi connectivity index (χ4v) is 3.31. The number of imidazole rings is 1.